The Labute approximate surface area is 146 Å². The van der Waals surface area contributed by atoms with Gasteiger partial charge in [-0.15, -0.1) is 13.2 Å². The topological polar surface area (TPSA) is 0 Å². The third-order valence-corrected chi connectivity index (χ3v) is 0.577. The molecule has 0 bridgehead atoms. The van der Waals surface area contributed by atoms with Crippen molar-refractivity contribution in [1.29, 1.82) is 0 Å². The van der Waals surface area contributed by atoms with Crippen LogP contribution >= 0.6 is 0 Å². The fourth-order valence-electron chi connectivity index (χ4n) is 0. The van der Waals surface area contributed by atoms with Gasteiger partial charge in [0.1, 0.15) is 0 Å². The minimum absolute atomic E-state index is 1.17. The summed E-state index contributed by atoms with van der Waals surface area (Å²) < 4.78 is 0. The van der Waals surface area contributed by atoms with Gasteiger partial charge in [-0.05, 0) is 48.5 Å². The Hall–Kier alpha value is -0.780. The SMILES string of the molecule is C=C(C)C.C=C(C)C.CC.CC.CC.CC=C(C)C.CCC. The summed E-state index contributed by atoms with van der Waals surface area (Å²) in [5.41, 5.74) is 3.71. The van der Waals surface area contributed by atoms with Gasteiger partial charge in [-0.3, -0.25) is 0 Å². The number of hydrogen-bond donors (Lipinski definition) is 0. The minimum Gasteiger partial charge on any atom is -0.100 e. The lowest BCUT2D eigenvalue weighted by molar-refractivity contribution is 1.09. The van der Waals surface area contributed by atoms with Crippen molar-refractivity contribution in [2.45, 2.75) is 110 Å². The maximum absolute atomic E-state index is 3.56. The van der Waals surface area contributed by atoms with Crippen LogP contribution < -0.4 is 0 Å². The Morgan fingerprint density at radius 1 is 0.636 bits per heavy atom. The first-order valence-electron chi connectivity index (χ1n) is 8.99. The molecule has 0 atom stereocenters. The molecule has 0 saturated carbocycles. The highest BCUT2D eigenvalue weighted by Crippen LogP contribution is 1.82. The molecule has 0 N–H and O–H groups in total. The molecule has 0 heteroatoms. The van der Waals surface area contributed by atoms with Crippen molar-refractivity contribution in [3.05, 3.63) is 36.0 Å². The van der Waals surface area contributed by atoms with E-state index in [1.165, 1.54) is 23.1 Å². The smallest absolute Gasteiger partial charge is 0.0442 e. The average Bonchev–Trinajstić information content (AvgIpc) is 2.45. The quantitative estimate of drug-likeness (QED) is 0.390. The number of allylic oxidation sites excluding steroid dienone is 4. The van der Waals surface area contributed by atoms with E-state index in [1.807, 2.05) is 76.2 Å². The molecule has 0 spiro atoms. The third kappa shape index (κ3) is 4290. The van der Waals surface area contributed by atoms with Crippen LogP contribution in [0.3, 0.4) is 0 Å². The molecule has 0 aromatic heterocycles. The molecule has 0 aliphatic rings. The second-order valence-corrected chi connectivity index (χ2v) is 4.49. The van der Waals surface area contributed by atoms with Gasteiger partial charge in [0.15, 0.2) is 0 Å². The summed E-state index contributed by atoms with van der Waals surface area (Å²) in [4.78, 5) is 0. The molecule has 0 aliphatic carbocycles. The van der Waals surface area contributed by atoms with E-state index >= 15 is 0 Å². The summed E-state index contributed by atoms with van der Waals surface area (Å²) in [6, 6.07) is 0. The van der Waals surface area contributed by atoms with E-state index in [4.69, 9.17) is 0 Å². The molecular weight excluding hydrogens is 264 g/mol. The van der Waals surface area contributed by atoms with Crippen molar-refractivity contribution < 1.29 is 0 Å². The molecule has 0 fully saturated rings. The highest BCUT2D eigenvalue weighted by Gasteiger charge is 1.60. The Balaban J connectivity index is -0.0000000247. The maximum Gasteiger partial charge on any atom is -0.0442 e. The highest BCUT2D eigenvalue weighted by atomic mass is 13.7. The first-order valence-corrected chi connectivity index (χ1v) is 8.99. The fourth-order valence-corrected chi connectivity index (χ4v) is 0. The molecule has 0 aromatic carbocycles. The number of rotatable bonds is 0. The molecule has 0 amide bonds. The van der Waals surface area contributed by atoms with Crippen molar-refractivity contribution >= 4 is 0 Å². The second-order valence-electron chi connectivity index (χ2n) is 4.49. The van der Waals surface area contributed by atoms with E-state index in [9.17, 15) is 0 Å². The summed E-state index contributed by atoms with van der Waals surface area (Å²) in [7, 11) is 0. The number of hydrogen-bond acceptors (Lipinski definition) is 0. The summed E-state index contributed by atoms with van der Waals surface area (Å²) in [5.74, 6) is 0. The molecule has 0 radical (unpaired) electrons. The van der Waals surface area contributed by atoms with E-state index in [0.717, 1.165) is 0 Å². The van der Waals surface area contributed by atoms with Crippen molar-refractivity contribution in [2.75, 3.05) is 0 Å². The molecule has 0 heterocycles. The monoisotopic (exact) mass is 316 g/mol. The molecular formula is C22H52. The maximum atomic E-state index is 3.56. The molecule has 0 saturated heterocycles. The van der Waals surface area contributed by atoms with E-state index < -0.39 is 0 Å². The first-order chi connectivity index (χ1) is 10.1. The molecule has 140 valence electrons. The Bertz CT molecular complexity index is 146. The fraction of sp³-hybridized carbons (Fsp3) is 0.727. The van der Waals surface area contributed by atoms with Crippen molar-refractivity contribution in [2.24, 2.45) is 0 Å². The van der Waals surface area contributed by atoms with E-state index in [2.05, 4.69) is 46.9 Å². The Morgan fingerprint density at radius 3 is 0.682 bits per heavy atom. The predicted molar refractivity (Wildman–Crippen MR) is 116 cm³/mol. The van der Waals surface area contributed by atoms with Crippen molar-refractivity contribution in [1.82, 2.24) is 0 Å². The van der Waals surface area contributed by atoms with Gasteiger partial charge < -0.3 is 0 Å². The molecule has 0 unspecified atom stereocenters. The van der Waals surface area contributed by atoms with Crippen molar-refractivity contribution in [3.8, 4) is 0 Å². The zero-order valence-corrected chi connectivity index (χ0v) is 19.2. The summed E-state index contributed by atoms with van der Waals surface area (Å²) >= 11 is 0. The second kappa shape index (κ2) is 71.5. The molecule has 22 heavy (non-hydrogen) atoms. The van der Waals surface area contributed by atoms with E-state index in [1.54, 1.807) is 0 Å². The summed E-state index contributed by atoms with van der Waals surface area (Å²) in [6.07, 6.45) is 3.33. The van der Waals surface area contributed by atoms with Crippen LogP contribution in [0, 0.1) is 0 Å². The third-order valence-electron chi connectivity index (χ3n) is 0.577. The highest BCUT2D eigenvalue weighted by molar-refractivity contribution is 4.88. The Kier molecular flexibility index (Phi) is 139. The molecule has 0 rings (SSSR count). The average molecular weight is 317 g/mol. The van der Waals surface area contributed by atoms with Gasteiger partial charge in [-0.1, -0.05) is 84.6 Å². The van der Waals surface area contributed by atoms with E-state index in [-0.39, 0.29) is 0 Å². The zero-order valence-electron chi connectivity index (χ0n) is 19.2. The van der Waals surface area contributed by atoms with E-state index in [0.29, 0.717) is 0 Å². The lowest BCUT2D eigenvalue weighted by Gasteiger charge is -1.74. The van der Waals surface area contributed by atoms with Gasteiger partial charge in [0.25, 0.3) is 0 Å². The predicted octanol–water partition coefficient (Wildman–Crippen LogP) is 9.63. The van der Waals surface area contributed by atoms with Gasteiger partial charge in [-0.25, -0.2) is 0 Å². The lowest BCUT2D eigenvalue weighted by Crippen LogP contribution is -1.52. The van der Waals surface area contributed by atoms with Crippen LogP contribution in [0.1, 0.15) is 110 Å². The zero-order chi connectivity index (χ0) is 20.1. The van der Waals surface area contributed by atoms with Gasteiger partial charge in [0.2, 0.25) is 0 Å². The van der Waals surface area contributed by atoms with Gasteiger partial charge in [-0.2, -0.15) is 0 Å². The van der Waals surface area contributed by atoms with Crippen LogP contribution in [0.2, 0.25) is 0 Å². The van der Waals surface area contributed by atoms with Crippen LogP contribution in [0.5, 0.6) is 0 Å². The molecule has 0 aromatic rings. The van der Waals surface area contributed by atoms with Crippen LogP contribution in [0.25, 0.3) is 0 Å². The first kappa shape index (κ1) is 42.9. The van der Waals surface area contributed by atoms with Crippen molar-refractivity contribution in [3.63, 3.8) is 0 Å². The lowest BCUT2D eigenvalue weighted by atomic mass is 10.3. The normalized spacial score (nSPS) is 5.59. The van der Waals surface area contributed by atoms with Crippen LogP contribution in [0.4, 0.5) is 0 Å². The summed E-state index contributed by atoms with van der Waals surface area (Å²) in [5, 5.41) is 0. The van der Waals surface area contributed by atoms with Crippen LogP contribution in [-0.4, -0.2) is 0 Å². The van der Waals surface area contributed by atoms with Crippen LogP contribution in [0.15, 0.2) is 36.0 Å². The van der Waals surface area contributed by atoms with Gasteiger partial charge in [0, 0.05) is 0 Å². The molecule has 0 aliphatic heterocycles. The largest absolute Gasteiger partial charge is 0.100 e. The van der Waals surface area contributed by atoms with Gasteiger partial charge in [0.05, 0.1) is 0 Å². The Morgan fingerprint density at radius 2 is 0.682 bits per heavy atom. The standard InChI is InChI=1S/C5H10.2C4H8.C3H8.3C2H6/c1-4-5(2)3;2*1-4(2)3;1-3-2;3*1-2/h4H,1-3H3;2*1H2,2-3H3;3H2,1-2H3;3*1-2H3. The minimum atomic E-state index is 1.17. The molecule has 0 nitrogen and oxygen atoms in total. The van der Waals surface area contributed by atoms with Crippen LogP contribution in [-0.2, 0) is 0 Å². The van der Waals surface area contributed by atoms with Gasteiger partial charge >= 0.3 is 0 Å². The summed E-state index contributed by atoms with van der Waals surface area (Å²) in [6.45, 7) is 37.5.